The number of imidazole rings is 1. The molecule has 0 aliphatic rings. The van der Waals surface area contributed by atoms with Crippen molar-refractivity contribution >= 4 is 25.4 Å². The molecule has 0 unspecified atom stereocenters. The van der Waals surface area contributed by atoms with Gasteiger partial charge in [0.1, 0.15) is 5.82 Å². The topological polar surface area (TPSA) is 45.8 Å². The van der Waals surface area contributed by atoms with Crippen LogP contribution >= 0.6 is 20.1 Å². The van der Waals surface area contributed by atoms with Crippen LogP contribution in [0.3, 0.4) is 0 Å². The zero-order valence-electron chi connectivity index (χ0n) is 17.2. The van der Waals surface area contributed by atoms with Gasteiger partial charge < -0.3 is 4.98 Å². The maximum Gasteiger partial charge on any atom is 0.192 e. The van der Waals surface area contributed by atoms with Crippen molar-refractivity contribution in [2.24, 2.45) is 0 Å². The minimum atomic E-state index is 0.0994. The van der Waals surface area contributed by atoms with Gasteiger partial charge in [0.25, 0.3) is 0 Å². The van der Waals surface area contributed by atoms with E-state index in [0.717, 1.165) is 44.2 Å². The second kappa shape index (κ2) is 10.7. The maximum atomic E-state index is 10.1. The van der Waals surface area contributed by atoms with Crippen LogP contribution in [0.4, 0.5) is 0 Å². The summed E-state index contributed by atoms with van der Waals surface area (Å²) in [4.78, 5) is 8.34. The first kappa shape index (κ1) is 21.7. The molecular weight excluding hydrogens is 435 g/mol. The number of benzene rings is 4. The summed E-state index contributed by atoms with van der Waals surface area (Å²) in [5.74, 6) is 0.837. The van der Waals surface area contributed by atoms with Crippen LogP contribution in [0.5, 0.6) is 0 Å². The zero-order chi connectivity index (χ0) is 22.2. The lowest BCUT2D eigenvalue weighted by atomic mass is 10.1. The highest BCUT2D eigenvalue weighted by atomic mass is 35.5. The van der Waals surface area contributed by atoms with E-state index in [1.54, 1.807) is 0 Å². The fraction of sp³-hybridized carbons (Fsp3) is 0. The van der Waals surface area contributed by atoms with Crippen molar-refractivity contribution in [3.63, 3.8) is 0 Å². The van der Waals surface area contributed by atoms with Crippen LogP contribution in [0, 0.1) is 0 Å². The van der Waals surface area contributed by atoms with Crippen molar-refractivity contribution in [2.45, 2.75) is 0 Å². The van der Waals surface area contributed by atoms with Gasteiger partial charge in [-0.1, -0.05) is 90.5 Å². The molecule has 0 spiro atoms. The van der Waals surface area contributed by atoms with Gasteiger partial charge in [-0.3, -0.25) is 4.57 Å². The average molecular weight is 455 g/mol. The van der Waals surface area contributed by atoms with Crippen LogP contribution in [0.1, 0.15) is 0 Å². The molecule has 1 aromatic heterocycles. The van der Waals surface area contributed by atoms with Crippen LogP contribution in [-0.4, -0.2) is 9.97 Å². The Morgan fingerprint density at radius 2 is 1.16 bits per heavy atom. The van der Waals surface area contributed by atoms with Gasteiger partial charge in [0, 0.05) is 27.0 Å². The van der Waals surface area contributed by atoms with Gasteiger partial charge in [0.15, 0.2) is 8.46 Å². The van der Waals surface area contributed by atoms with Gasteiger partial charge in [-0.25, -0.2) is 4.98 Å². The Morgan fingerprint density at radius 3 is 1.69 bits per heavy atom. The number of H-pyrrole nitrogens is 1. The molecule has 0 amide bonds. The molecule has 0 saturated heterocycles. The van der Waals surface area contributed by atoms with Gasteiger partial charge in [0.05, 0.1) is 11.4 Å². The second-order valence-corrected chi connectivity index (χ2v) is 8.11. The number of aromatic amines is 1. The van der Waals surface area contributed by atoms with Gasteiger partial charge in [-0.15, -0.1) is 0 Å². The Kier molecular flexibility index (Phi) is 7.24. The van der Waals surface area contributed by atoms with Crippen LogP contribution in [-0.2, 0) is 4.57 Å². The molecule has 0 atom stereocenters. The minimum Gasteiger partial charge on any atom is -0.337 e. The second-order valence-electron chi connectivity index (χ2n) is 6.97. The van der Waals surface area contributed by atoms with Crippen molar-refractivity contribution in [1.29, 1.82) is 0 Å². The van der Waals surface area contributed by atoms with Crippen molar-refractivity contribution in [2.75, 3.05) is 0 Å². The van der Waals surface area contributed by atoms with E-state index in [0.29, 0.717) is 0 Å². The van der Waals surface area contributed by atoms with Gasteiger partial charge in [-0.05, 0) is 36.4 Å². The summed E-state index contributed by atoms with van der Waals surface area (Å²) in [6.45, 7) is 0. The molecule has 1 heterocycles. The largest absolute Gasteiger partial charge is 0.337 e. The fourth-order valence-corrected chi connectivity index (χ4v) is 3.65. The van der Waals surface area contributed by atoms with Crippen molar-refractivity contribution in [3.8, 4) is 33.9 Å². The third kappa shape index (κ3) is 5.39. The predicted octanol–water partition coefficient (Wildman–Crippen LogP) is 7.67. The van der Waals surface area contributed by atoms with Crippen LogP contribution in [0.15, 0.2) is 115 Å². The number of nitrogens with one attached hydrogen (secondary N) is 1. The molecule has 5 heteroatoms. The highest BCUT2D eigenvalue weighted by molar-refractivity contribution is 7.34. The average Bonchev–Trinajstić information content (AvgIpc) is 3.32. The third-order valence-electron chi connectivity index (χ3n) is 4.79. The van der Waals surface area contributed by atoms with Gasteiger partial charge in [0.2, 0.25) is 0 Å². The summed E-state index contributed by atoms with van der Waals surface area (Å²) in [5.41, 5.74) is 5.19. The van der Waals surface area contributed by atoms with E-state index in [1.807, 2.05) is 91.0 Å². The van der Waals surface area contributed by atoms with Gasteiger partial charge >= 0.3 is 0 Å². The maximum absolute atomic E-state index is 10.1. The molecule has 4 aromatic carbocycles. The first-order valence-electron chi connectivity index (χ1n) is 10.1. The number of halogens is 1. The number of nitrogens with zero attached hydrogens (tertiary/aromatic N) is 1. The molecule has 0 aliphatic heterocycles. The molecule has 3 nitrogen and oxygen atoms in total. The van der Waals surface area contributed by atoms with Crippen molar-refractivity contribution < 1.29 is 4.57 Å². The minimum absolute atomic E-state index is 0.0994. The molecule has 0 bridgehead atoms. The monoisotopic (exact) mass is 454 g/mol. The Bertz CT molecular complexity index is 1220. The smallest absolute Gasteiger partial charge is 0.192 e. The SMILES string of the molecule is Clc1ccc(-c2nc(-c3ccccc3)c(-c3ccccc3)[nH]2)cc1.O=Pc1ccccc1. The molecule has 5 rings (SSSR count). The Balaban J connectivity index is 0.000000260. The Hall–Kier alpha value is -3.52. The Morgan fingerprint density at radius 1 is 0.625 bits per heavy atom. The third-order valence-corrected chi connectivity index (χ3v) is 5.55. The first-order chi connectivity index (χ1) is 15.7. The molecule has 32 heavy (non-hydrogen) atoms. The summed E-state index contributed by atoms with van der Waals surface area (Å²) in [6, 6.07) is 37.4. The van der Waals surface area contributed by atoms with Crippen LogP contribution in [0.2, 0.25) is 5.02 Å². The molecule has 0 aliphatic carbocycles. The highest BCUT2D eigenvalue weighted by Crippen LogP contribution is 2.33. The van der Waals surface area contributed by atoms with E-state index in [2.05, 4.69) is 29.2 Å². The summed E-state index contributed by atoms with van der Waals surface area (Å²) < 4.78 is 10.1. The first-order valence-corrected chi connectivity index (χ1v) is 11.3. The van der Waals surface area contributed by atoms with Crippen LogP contribution in [0.25, 0.3) is 33.9 Å². The van der Waals surface area contributed by atoms with Gasteiger partial charge in [-0.2, -0.15) is 0 Å². The fourth-order valence-electron chi connectivity index (χ4n) is 3.23. The predicted molar refractivity (Wildman–Crippen MR) is 134 cm³/mol. The quantitative estimate of drug-likeness (QED) is 0.283. The highest BCUT2D eigenvalue weighted by Gasteiger charge is 2.14. The lowest BCUT2D eigenvalue weighted by Gasteiger charge is -2.02. The van der Waals surface area contributed by atoms with E-state index >= 15 is 0 Å². The number of rotatable bonds is 4. The van der Waals surface area contributed by atoms with E-state index in [-0.39, 0.29) is 8.46 Å². The van der Waals surface area contributed by atoms with E-state index < -0.39 is 0 Å². The molecule has 5 aromatic rings. The molecule has 0 fully saturated rings. The zero-order valence-corrected chi connectivity index (χ0v) is 18.8. The summed E-state index contributed by atoms with van der Waals surface area (Å²) in [5, 5.41) is 1.55. The number of hydrogen-bond acceptors (Lipinski definition) is 2. The molecule has 0 radical (unpaired) electrons. The normalized spacial score (nSPS) is 10.4. The lowest BCUT2D eigenvalue weighted by molar-refractivity contribution is 0.603. The summed E-state index contributed by atoms with van der Waals surface area (Å²) in [6.07, 6.45) is 0. The van der Waals surface area contributed by atoms with Crippen LogP contribution < -0.4 is 5.30 Å². The summed E-state index contributed by atoms with van der Waals surface area (Å²) >= 11 is 6.00. The standard InChI is InChI=1S/C21H15ClN2.C6H5OP/c22-18-13-11-17(12-14-18)21-23-19(15-7-3-1-4-8-15)20(24-21)16-9-5-2-6-10-16;7-8-6-4-2-1-3-5-6/h1-14H,(H,23,24);1-5H. The van der Waals surface area contributed by atoms with Crippen molar-refractivity contribution in [3.05, 3.63) is 120 Å². The molecule has 1 N–H and O–H groups in total. The summed E-state index contributed by atoms with van der Waals surface area (Å²) in [7, 11) is 0.0994. The molecular formula is C27H20ClN2OP. The van der Waals surface area contributed by atoms with E-state index in [1.165, 1.54) is 0 Å². The molecule has 156 valence electrons. The van der Waals surface area contributed by atoms with E-state index in [4.69, 9.17) is 16.6 Å². The lowest BCUT2D eigenvalue weighted by Crippen LogP contribution is -1.84. The number of aromatic nitrogens is 2. The van der Waals surface area contributed by atoms with Crippen molar-refractivity contribution in [1.82, 2.24) is 9.97 Å². The molecule has 0 saturated carbocycles. The number of hydrogen-bond donors (Lipinski definition) is 1. The Labute approximate surface area is 194 Å². The van der Waals surface area contributed by atoms with E-state index in [9.17, 15) is 4.57 Å².